The van der Waals surface area contributed by atoms with Gasteiger partial charge < -0.3 is 19.5 Å². The van der Waals surface area contributed by atoms with Crippen molar-refractivity contribution in [2.24, 2.45) is 0 Å². The molecule has 0 bridgehead atoms. The molecule has 1 aliphatic heterocycles. The normalized spacial score (nSPS) is 13.2. The second-order valence-electron chi connectivity index (χ2n) is 5.19. The number of hydrogen-bond acceptors (Lipinski definition) is 6. The third kappa shape index (κ3) is 3.62. The van der Waals surface area contributed by atoms with E-state index in [0.717, 1.165) is 5.56 Å². The van der Waals surface area contributed by atoms with E-state index in [0.29, 0.717) is 11.5 Å². The molecule has 1 aromatic heterocycles. The number of nitrogens with zero attached hydrogens (tertiary/aromatic N) is 1. The Morgan fingerprint density at radius 3 is 2.88 bits per heavy atom. The lowest BCUT2D eigenvalue weighted by Crippen LogP contribution is -2.31. The first-order valence-corrected chi connectivity index (χ1v) is 7.40. The maximum absolute atomic E-state index is 11.9. The molecule has 0 radical (unpaired) electrons. The molecule has 0 saturated heterocycles. The number of amides is 1. The smallest absolute Gasteiger partial charge is 0.357 e. The summed E-state index contributed by atoms with van der Waals surface area (Å²) < 4.78 is 15.5. The van der Waals surface area contributed by atoms with Crippen LogP contribution in [0.2, 0.25) is 0 Å². The zero-order chi connectivity index (χ0) is 16.9. The number of carbonyl (C=O) groups is 2. The minimum atomic E-state index is -0.638. The third-order valence-corrected chi connectivity index (χ3v) is 3.48. The summed E-state index contributed by atoms with van der Waals surface area (Å²) in [5.41, 5.74) is 1.03. The predicted octanol–water partition coefficient (Wildman–Crippen LogP) is 1.84. The number of aromatic nitrogens is 1. The number of rotatable bonds is 5. The van der Waals surface area contributed by atoms with Gasteiger partial charge in [0.25, 0.3) is 5.91 Å². The van der Waals surface area contributed by atoms with E-state index in [4.69, 9.17) is 14.2 Å². The van der Waals surface area contributed by atoms with Gasteiger partial charge in [0.1, 0.15) is 5.69 Å². The molecule has 7 heteroatoms. The quantitative estimate of drug-likeness (QED) is 0.843. The predicted molar refractivity (Wildman–Crippen MR) is 83.6 cm³/mol. The fourth-order valence-corrected chi connectivity index (χ4v) is 2.24. The molecule has 0 aliphatic carbocycles. The molecule has 24 heavy (non-hydrogen) atoms. The first-order valence-electron chi connectivity index (χ1n) is 7.40. The van der Waals surface area contributed by atoms with Gasteiger partial charge in [-0.15, -0.1) is 0 Å². The average molecular weight is 328 g/mol. The van der Waals surface area contributed by atoms with E-state index in [1.807, 2.05) is 19.1 Å². The number of esters is 1. The van der Waals surface area contributed by atoms with Crippen molar-refractivity contribution in [2.75, 3.05) is 13.4 Å². The molecule has 0 fully saturated rings. The van der Waals surface area contributed by atoms with Crippen molar-refractivity contribution in [3.05, 3.63) is 53.9 Å². The highest BCUT2D eigenvalue weighted by atomic mass is 16.7. The highest BCUT2D eigenvalue weighted by molar-refractivity contribution is 5.89. The van der Waals surface area contributed by atoms with Crippen molar-refractivity contribution < 1.29 is 23.8 Å². The summed E-state index contributed by atoms with van der Waals surface area (Å²) >= 11 is 0. The highest BCUT2D eigenvalue weighted by Gasteiger charge is 2.17. The van der Waals surface area contributed by atoms with Crippen LogP contribution in [0.1, 0.15) is 29.0 Å². The topological polar surface area (TPSA) is 86.8 Å². The number of pyridine rings is 1. The Morgan fingerprint density at radius 1 is 1.25 bits per heavy atom. The van der Waals surface area contributed by atoms with Crippen LogP contribution in [0.3, 0.4) is 0 Å². The molecule has 0 saturated carbocycles. The van der Waals surface area contributed by atoms with Crippen molar-refractivity contribution >= 4 is 11.9 Å². The Hall–Kier alpha value is -3.09. The molecule has 7 nitrogen and oxygen atoms in total. The van der Waals surface area contributed by atoms with Gasteiger partial charge in [-0.3, -0.25) is 4.79 Å². The minimum Gasteiger partial charge on any atom is -0.454 e. The van der Waals surface area contributed by atoms with Crippen LogP contribution in [0.4, 0.5) is 0 Å². The van der Waals surface area contributed by atoms with Crippen LogP contribution in [0.15, 0.2) is 42.6 Å². The Bertz CT molecular complexity index is 748. The summed E-state index contributed by atoms with van der Waals surface area (Å²) in [4.78, 5) is 27.5. The molecule has 2 heterocycles. The molecule has 3 rings (SSSR count). The standard InChI is InChI=1S/C17H16N2O5/c1-11(12-5-6-14-15(8-12)24-10-23-14)19-16(20)9-22-17(21)13-4-2-3-7-18-13/h2-8,11H,9-10H2,1H3,(H,19,20)/t11-/m0/s1. The van der Waals surface area contributed by atoms with Crippen LogP contribution in [0.25, 0.3) is 0 Å². The van der Waals surface area contributed by atoms with E-state index < -0.39 is 11.9 Å². The van der Waals surface area contributed by atoms with Crippen molar-refractivity contribution in [3.63, 3.8) is 0 Å². The number of hydrogen-bond donors (Lipinski definition) is 1. The van der Waals surface area contributed by atoms with Gasteiger partial charge in [0.05, 0.1) is 6.04 Å². The van der Waals surface area contributed by atoms with Crippen molar-refractivity contribution in [2.45, 2.75) is 13.0 Å². The zero-order valence-electron chi connectivity index (χ0n) is 13.0. The largest absolute Gasteiger partial charge is 0.454 e. The fourth-order valence-electron chi connectivity index (χ4n) is 2.24. The molecule has 1 N–H and O–H groups in total. The Balaban J connectivity index is 1.52. The van der Waals surface area contributed by atoms with Crippen molar-refractivity contribution in [3.8, 4) is 11.5 Å². The number of fused-ring (bicyclic) bond motifs is 1. The van der Waals surface area contributed by atoms with E-state index in [2.05, 4.69) is 10.3 Å². The Kier molecular flexibility index (Phi) is 4.60. The molecular formula is C17H16N2O5. The Labute approximate surface area is 138 Å². The van der Waals surface area contributed by atoms with Crippen molar-refractivity contribution in [1.29, 1.82) is 0 Å². The SMILES string of the molecule is C[C@H](NC(=O)COC(=O)c1ccccn1)c1ccc2c(c1)OCO2. The third-order valence-electron chi connectivity index (χ3n) is 3.48. The van der Waals surface area contributed by atoms with Crippen LogP contribution in [0, 0.1) is 0 Å². The molecule has 1 aromatic carbocycles. The first kappa shape index (κ1) is 15.8. The summed E-state index contributed by atoms with van der Waals surface area (Å²) in [7, 11) is 0. The van der Waals surface area contributed by atoms with Crippen LogP contribution in [-0.2, 0) is 9.53 Å². The molecule has 1 atom stereocenters. The van der Waals surface area contributed by atoms with Gasteiger partial charge in [-0.2, -0.15) is 0 Å². The maximum Gasteiger partial charge on any atom is 0.357 e. The fraction of sp³-hybridized carbons (Fsp3) is 0.235. The number of benzene rings is 1. The molecule has 1 amide bonds. The van der Waals surface area contributed by atoms with Crippen LogP contribution in [-0.4, -0.2) is 30.3 Å². The average Bonchev–Trinajstić information content (AvgIpc) is 3.08. The van der Waals surface area contributed by atoms with E-state index in [1.54, 1.807) is 18.2 Å². The summed E-state index contributed by atoms with van der Waals surface area (Å²) in [6, 6.07) is 10.1. The molecule has 0 spiro atoms. The molecule has 124 valence electrons. The lowest BCUT2D eigenvalue weighted by atomic mass is 10.1. The molecular weight excluding hydrogens is 312 g/mol. The minimum absolute atomic E-state index is 0.161. The van der Waals surface area contributed by atoms with E-state index in [1.165, 1.54) is 12.3 Å². The Morgan fingerprint density at radius 2 is 2.08 bits per heavy atom. The maximum atomic E-state index is 11.9. The number of nitrogens with one attached hydrogen (secondary N) is 1. The second kappa shape index (κ2) is 6.99. The van der Waals surface area contributed by atoms with Crippen LogP contribution >= 0.6 is 0 Å². The summed E-state index contributed by atoms with van der Waals surface area (Å²) in [6.45, 7) is 1.66. The van der Waals surface area contributed by atoms with Gasteiger partial charge in [-0.1, -0.05) is 12.1 Å². The first-order chi connectivity index (χ1) is 11.6. The zero-order valence-corrected chi connectivity index (χ0v) is 13.0. The van der Waals surface area contributed by atoms with Gasteiger partial charge in [0.15, 0.2) is 18.1 Å². The van der Waals surface area contributed by atoms with Crippen molar-refractivity contribution in [1.82, 2.24) is 10.3 Å². The highest BCUT2D eigenvalue weighted by Crippen LogP contribution is 2.34. The van der Waals surface area contributed by atoms with E-state index in [-0.39, 0.29) is 25.1 Å². The molecule has 2 aromatic rings. The van der Waals surface area contributed by atoms with E-state index >= 15 is 0 Å². The van der Waals surface area contributed by atoms with Crippen LogP contribution < -0.4 is 14.8 Å². The lowest BCUT2D eigenvalue weighted by molar-refractivity contribution is -0.124. The number of carbonyl (C=O) groups excluding carboxylic acids is 2. The van der Waals surface area contributed by atoms with Gasteiger partial charge in [-0.05, 0) is 36.8 Å². The van der Waals surface area contributed by atoms with Crippen LogP contribution in [0.5, 0.6) is 11.5 Å². The summed E-state index contributed by atoms with van der Waals surface area (Å²) in [6.07, 6.45) is 1.48. The van der Waals surface area contributed by atoms with Gasteiger partial charge >= 0.3 is 5.97 Å². The lowest BCUT2D eigenvalue weighted by Gasteiger charge is -2.14. The molecule has 0 unspecified atom stereocenters. The van der Waals surface area contributed by atoms with Gasteiger partial charge in [0.2, 0.25) is 6.79 Å². The summed E-state index contributed by atoms with van der Waals surface area (Å²) in [5, 5.41) is 2.76. The van der Waals surface area contributed by atoms with E-state index in [9.17, 15) is 9.59 Å². The number of ether oxygens (including phenoxy) is 3. The monoisotopic (exact) mass is 328 g/mol. The van der Waals surface area contributed by atoms with Gasteiger partial charge in [-0.25, -0.2) is 9.78 Å². The molecule has 1 aliphatic rings. The second-order valence-corrected chi connectivity index (χ2v) is 5.19. The summed E-state index contributed by atoms with van der Waals surface area (Å²) in [5.74, 6) is 0.294. The van der Waals surface area contributed by atoms with Gasteiger partial charge in [0, 0.05) is 6.20 Å².